The lowest BCUT2D eigenvalue weighted by atomic mass is 9.94. The molecule has 6 atom stereocenters. The molecule has 0 saturated carbocycles. The molecule has 0 aliphatic carbocycles. The van der Waals surface area contributed by atoms with Crippen molar-refractivity contribution in [2.75, 3.05) is 87.9 Å². The van der Waals surface area contributed by atoms with Gasteiger partial charge in [0.2, 0.25) is 0 Å². The van der Waals surface area contributed by atoms with E-state index in [4.69, 9.17) is 56.8 Å². The normalized spacial score (nSPS) is 17.6. The first-order valence-corrected chi connectivity index (χ1v) is 26.1. The van der Waals surface area contributed by atoms with Crippen LogP contribution in [0.15, 0.2) is 11.5 Å². The summed E-state index contributed by atoms with van der Waals surface area (Å²) < 4.78 is 76.9. The molecule has 402 valence electrons. The Balaban J connectivity index is 7.41. The lowest BCUT2D eigenvalue weighted by molar-refractivity contribution is -0.251. The van der Waals surface area contributed by atoms with Crippen molar-refractivity contribution < 1.29 is 56.8 Å². The summed E-state index contributed by atoms with van der Waals surface area (Å²) in [5.74, 6) is 0. The summed E-state index contributed by atoms with van der Waals surface area (Å²) in [7, 11) is 6.90. The topological polar surface area (TPSA) is 111 Å². The fourth-order valence-corrected chi connectivity index (χ4v) is 7.46. The van der Waals surface area contributed by atoms with E-state index in [0.717, 1.165) is 44.9 Å². The molecule has 0 aromatic heterocycles. The minimum absolute atomic E-state index is 0.252. The van der Waals surface area contributed by atoms with Crippen molar-refractivity contribution in [2.45, 2.75) is 251 Å². The number of ether oxygens (including phenoxy) is 12. The Morgan fingerprint density at radius 3 is 1.10 bits per heavy atom. The van der Waals surface area contributed by atoms with Crippen LogP contribution in [0.25, 0.3) is 0 Å². The third kappa shape index (κ3) is 30.3. The Kier molecular flexibility index (Phi) is 32.4. The molecule has 0 aromatic carbocycles. The summed E-state index contributed by atoms with van der Waals surface area (Å²) >= 11 is 4.55. The van der Waals surface area contributed by atoms with Gasteiger partial charge in [-0.2, -0.15) is 12.6 Å². The minimum atomic E-state index is -0.653. The molecule has 6 unspecified atom stereocenters. The van der Waals surface area contributed by atoms with Crippen LogP contribution in [0.1, 0.15) is 188 Å². The van der Waals surface area contributed by atoms with Gasteiger partial charge in [-0.05, 0) is 172 Å². The van der Waals surface area contributed by atoms with E-state index in [9.17, 15) is 0 Å². The van der Waals surface area contributed by atoms with Gasteiger partial charge in [-0.3, -0.25) is 0 Å². The van der Waals surface area contributed by atoms with Gasteiger partial charge in [-0.15, -0.1) is 0 Å². The quantitative estimate of drug-likeness (QED) is 0.0587. The second-order valence-corrected chi connectivity index (χ2v) is 22.7. The SMILES string of the molecule is CCC(C)(CCOC)OCCC(C)(CC)OC(COC(C)(C)CCOC(C)(C)CCOC)C(OC(C)(C)CCOC(C)(C)CCOC)C(C/C=C\S)OC(C)(CC)CCOC(C)(C)CCOC. The maximum atomic E-state index is 7.49. The summed E-state index contributed by atoms with van der Waals surface area (Å²) in [5, 5.41) is 1.78. The molecule has 0 aliphatic rings. The molecule has 0 aromatic rings. The van der Waals surface area contributed by atoms with Crippen molar-refractivity contribution in [3.05, 3.63) is 11.5 Å². The second-order valence-electron chi connectivity index (χ2n) is 22.4. The molecule has 12 nitrogen and oxygen atoms in total. The third-order valence-corrected chi connectivity index (χ3v) is 13.8. The average molecular weight is 982 g/mol. The van der Waals surface area contributed by atoms with Crippen LogP contribution in [0.2, 0.25) is 0 Å². The molecule has 0 fully saturated rings. The highest BCUT2D eigenvalue weighted by Gasteiger charge is 2.43. The second kappa shape index (κ2) is 32.6. The van der Waals surface area contributed by atoms with E-state index in [1.807, 2.05) is 6.08 Å². The largest absolute Gasteiger partial charge is 0.385 e. The van der Waals surface area contributed by atoms with E-state index in [2.05, 4.69) is 123 Å². The van der Waals surface area contributed by atoms with Gasteiger partial charge in [0.15, 0.2) is 0 Å². The molecule has 13 heteroatoms. The Labute approximate surface area is 418 Å². The van der Waals surface area contributed by atoms with Gasteiger partial charge in [-0.25, -0.2) is 0 Å². The van der Waals surface area contributed by atoms with Crippen molar-refractivity contribution in [1.29, 1.82) is 0 Å². The van der Waals surface area contributed by atoms with Gasteiger partial charge in [0.1, 0.15) is 12.2 Å². The first kappa shape index (κ1) is 66.6. The fraction of sp³-hybridized carbons (Fsp3) is 0.963. The summed E-state index contributed by atoms with van der Waals surface area (Å²) in [4.78, 5) is 0. The predicted molar refractivity (Wildman–Crippen MR) is 278 cm³/mol. The number of hydrogen-bond acceptors (Lipinski definition) is 13. The summed E-state index contributed by atoms with van der Waals surface area (Å²) in [6.07, 6.45) is 9.20. The highest BCUT2D eigenvalue weighted by Crippen LogP contribution is 2.35. The van der Waals surface area contributed by atoms with Crippen LogP contribution in [0.5, 0.6) is 0 Å². The monoisotopic (exact) mass is 981 g/mol. The van der Waals surface area contributed by atoms with Gasteiger partial charge in [0.25, 0.3) is 0 Å². The van der Waals surface area contributed by atoms with Gasteiger partial charge in [0.05, 0.1) is 83.9 Å². The van der Waals surface area contributed by atoms with Crippen molar-refractivity contribution in [1.82, 2.24) is 0 Å². The summed E-state index contributed by atoms with van der Waals surface area (Å²) in [6.45, 7) is 39.1. The van der Waals surface area contributed by atoms with Crippen molar-refractivity contribution in [3.63, 3.8) is 0 Å². The van der Waals surface area contributed by atoms with E-state index < -0.39 is 40.7 Å². The van der Waals surface area contributed by atoms with Crippen molar-refractivity contribution >= 4 is 12.6 Å². The molecule has 0 amide bonds. The summed E-state index contributed by atoms with van der Waals surface area (Å²) in [6, 6.07) is 0. The number of rotatable bonds is 44. The molecule has 0 radical (unpaired) electrons. The van der Waals surface area contributed by atoms with E-state index in [1.54, 1.807) is 33.8 Å². The standard InChI is InChI=1S/C54H108O12S/c1-21-52(14,31-37-58-20)62-41-33-54(16,23-3)65-45(43-63-50(10,11)29-38-59-47(4,5)26-34-55-17)46(66-51(12,13)30-39-60-48(6,7)27-35-56-18)44(25-24-42-67)64-53(15,22-2)32-40-61-49(8,9)28-36-57-19/h24,42,44-46,67H,21-23,25-41,43H2,1-20H3/b42-24-. The fourth-order valence-electron chi connectivity index (χ4n) is 7.34. The van der Waals surface area contributed by atoms with Crippen LogP contribution in [-0.4, -0.2) is 151 Å². The minimum Gasteiger partial charge on any atom is -0.385 e. The van der Waals surface area contributed by atoms with Gasteiger partial charge >= 0.3 is 0 Å². The zero-order chi connectivity index (χ0) is 51.5. The molecule has 0 bridgehead atoms. The van der Waals surface area contributed by atoms with Gasteiger partial charge < -0.3 is 56.8 Å². The van der Waals surface area contributed by atoms with E-state index in [0.29, 0.717) is 85.0 Å². The van der Waals surface area contributed by atoms with E-state index in [-0.39, 0.29) is 29.0 Å². The number of methoxy groups -OCH3 is 4. The van der Waals surface area contributed by atoms with Crippen LogP contribution in [0, 0.1) is 0 Å². The smallest absolute Gasteiger partial charge is 0.113 e. The third-order valence-electron chi connectivity index (χ3n) is 13.6. The highest BCUT2D eigenvalue weighted by atomic mass is 32.1. The van der Waals surface area contributed by atoms with Crippen LogP contribution < -0.4 is 0 Å². The van der Waals surface area contributed by atoms with Crippen molar-refractivity contribution in [2.24, 2.45) is 0 Å². The molecule has 0 aliphatic heterocycles. The molecule has 0 saturated heterocycles. The Bertz CT molecular complexity index is 1280. The molecule has 0 N–H and O–H groups in total. The lowest BCUT2D eigenvalue weighted by Gasteiger charge is -2.45. The Morgan fingerprint density at radius 2 is 0.701 bits per heavy atom. The maximum absolute atomic E-state index is 7.49. The zero-order valence-corrected chi connectivity index (χ0v) is 48.0. The number of thiol groups is 1. The van der Waals surface area contributed by atoms with Crippen LogP contribution >= 0.6 is 12.6 Å². The van der Waals surface area contributed by atoms with Crippen LogP contribution in [0.3, 0.4) is 0 Å². The van der Waals surface area contributed by atoms with Gasteiger partial charge in [-0.1, -0.05) is 26.8 Å². The molecule has 0 heterocycles. The Hall–Kier alpha value is -0.390. The van der Waals surface area contributed by atoms with E-state index >= 15 is 0 Å². The predicted octanol–water partition coefficient (Wildman–Crippen LogP) is 12.2. The van der Waals surface area contributed by atoms with E-state index in [1.165, 1.54) is 0 Å². The first-order valence-electron chi connectivity index (χ1n) is 25.6. The Morgan fingerprint density at radius 1 is 0.373 bits per heavy atom. The zero-order valence-electron chi connectivity index (χ0n) is 47.1. The van der Waals surface area contributed by atoms with Crippen molar-refractivity contribution in [3.8, 4) is 0 Å². The summed E-state index contributed by atoms with van der Waals surface area (Å²) in [5.41, 5.74) is -3.68. The molecular weight excluding hydrogens is 873 g/mol. The van der Waals surface area contributed by atoms with Crippen LogP contribution in [-0.2, 0) is 56.8 Å². The maximum Gasteiger partial charge on any atom is 0.113 e. The molecule has 67 heavy (non-hydrogen) atoms. The lowest BCUT2D eigenvalue weighted by Crippen LogP contribution is -2.54. The number of hydrogen-bond donors (Lipinski definition) is 1. The highest BCUT2D eigenvalue weighted by molar-refractivity contribution is 7.83. The molecule has 0 spiro atoms. The van der Waals surface area contributed by atoms with Crippen LogP contribution in [0.4, 0.5) is 0 Å². The first-order chi connectivity index (χ1) is 31.1. The van der Waals surface area contributed by atoms with Gasteiger partial charge in [0, 0.05) is 54.9 Å². The average Bonchev–Trinajstić information content (AvgIpc) is 3.25. The molecular formula is C54H108O12S. The molecule has 0 rings (SSSR count).